The molecule has 1 aromatic heterocycles. The Morgan fingerprint density at radius 3 is 2.71 bits per heavy atom. The van der Waals surface area contributed by atoms with Crippen molar-refractivity contribution in [1.82, 2.24) is 9.78 Å². The number of hydrogen-bond acceptors (Lipinski definition) is 5. The fourth-order valence-electron chi connectivity index (χ4n) is 1.62. The molecule has 9 heteroatoms. The van der Waals surface area contributed by atoms with Crippen LogP contribution in [0.15, 0.2) is 39.3 Å². The number of aromatic nitrogens is 2. The number of nitrogens with zero attached hydrogens (tertiary/aromatic N) is 3. The summed E-state index contributed by atoms with van der Waals surface area (Å²) >= 11 is 4.72. The highest BCUT2D eigenvalue weighted by molar-refractivity contribution is 7.80. The highest BCUT2D eigenvalue weighted by Gasteiger charge is 2.12. The van der Waals surface area contributed by atoms with Crippen LogP contribution in [0, 0.1) is 6.92 Å². The van der Waals surface area contributed by atoms with E-state index in [9.17, 15) is 9.59 Å². The van der Waals surface area contributed by atoms with Gasteiger partial charge in [0.2, 0.25) is 0 Å². The lowest BCUT2D eigenvalue weighted by Crippen LogP contribution is -2.29. The molecule has 0 unspecified atom stereocenters. The molecule has 1 heterocycles. The Labute approximate surface area is 123 Å². The van der Waals surface area contributed by atoms with Crippen molar-refractivity contribution < 1.29 is 9.90 Å². The zero-order valence-corrected chi connectivity index (χ0v) is 11.7. The van der Waals surface area contributed by atoms with Crippen LogP contribution in [0.2, 0.25) is 0 Å². The van der Waals surface area contributed by atoms with Crippen molar-refractivity contribution in [3.8, 4) is 0 Å². The normalized spacial score (nSPS) is 10.9. The van der Waals surface area contributed by atoms with Crippen molar-refractivity contribution in [2.45, 2.75) is 6.92 Å². The van der Waals surface area contributed by atoms with E-state index in [4.69, 9.17) is 23.1 Å². The first kappa shape index (κ1) is 14.6. The maximum atomic E-state index is 11.9. The molecule has 8 nitrogen and oxygen atoms in total. The van der Waals surface area contributed by atoms with E-state index in [-0.39, 0.29) is 16.4 Å². The molecule has 0 saturated heterocycles. The second-order valence-electron chi connectivity index (χ2n) is 4.12. The molecule has 21 heavy (non-hydrogen) atoms. The van der Waals surface area contributed by atoms with Crippen LogP contribution in [0.5, 0.6) is 0 Å². The minimum absolute atomic E-state index is 0.0588. The van der Waals surface area contributed by atoms with Crippen LogP contribution in [0.4, 0.5) is 11.4 Å². The van der Waals surface area contributed by atoms with Gasteiger partial charge in [0.15, 0.2) is 10.8 Å². The maximum Gasteiger partial charge on any atom is 0.335 e. The van der Waals surface area contributed by atoms with Gasteiger partial charge in [-0.15, -0.1) is 5.11 Å². The van der Waals surface area contributed by atoms with Crippen LogP contribution < -0.4 is 11.3 Å². The Bertz CT molecular complexity index is 805. The number of nitrogens with two attached hydrogens (primary N) is 1. The molecule has 0 spiro atoms. The zero-order valence-electron chi connectivity index (χ0n) is 10.9. The first-order chi connectivity index (χ1) is 9.90. The number of nitrogens with one attached hydrogen (secondary N) is 1. The van der Waals surface area contributed by atoms with Crippen molar-refractivity contribution in [2.75, 3.05) is 0 Å². The van der Waals surface area contributed by atoms with Gasteiger partial charge in [-0.2, -0.15) is 9.80 Å². The number of carbonyl (C=O) groups is 1. The Balaban J connectivity index is 2.38. The maximum absolute atomic E-state index is 11.9. The predicted octanol–water partition coefficient (Wildman–Crippen LogP) is 1.69. The molecular formula is C12H11N5O3S. The molecule has 0 fully saturated rings. The number of H-pyrrole nitrogens is 1. The number of hydrogen-bond donors (Lipinski definition) is 3. The van der Waals surface area contributed by atoms with Gasteiger partial charge >= 0.3 is 11.5 Å². The number of rotatable bonds is 3. The molecule has 0 radical (unpaired) electrons. The second-order valence-corrected chi connectivity index (χ2v) is 4.54. The third-order valence-electron chi connectivity index (χ3n) is 2.62. The minimum Gasteiger partial charge on any atom is -0.478 e. The molecule has 0 atom stereocenters. The van der Waals surface area contributed by atoms with Crippen LogP contribution in [-0.2, 0) is 0 Å². The van der Waals surface area contributed by atoms with Crippen LogP contribution in [0.3, 0.4) is 0 Å². The molecule has 108 valence electrons. The first-order valence-corrected chi connectivity index (χ1v) is 6.17. The predicted molar refractivity (Wildman–Crippen MR) is 79.6 cm³/mol. The van der Waals surface area contributed by atoms with Crippen molar-refractivity contribution >= 4 is 34.7 Å². The van der Waals surface area contributed by atoms with E-state index in [1.807, 2.05) is 0 Å². The number of thiocarbonyl (C=S) groups is 1. The molecule has 4 N–H and O–H groups in total. The number of azo groups is 1. The molecule has 0 aliphatic carbocycles. The molecule has 0 aliphatic rings. The fourth-order valence-corrected chi connectivity index (χ4v) is 1.75. The van der Waals surface area contributed by atoms with Gasteiger partial charge < -0.3 is 10.8 Å². The number of aromatic amines is 1. The first-order valence-electron chi connectivity index (χ1n) is 5.76. The highest BCUT2D eigenvalue weighted by Crippen LogP contribution is 2.18. The van der Waals surface area contributed by atoms with Gasteiger partial charge in [-0.3, -0.25) is 9.89 Å². The summed E-state index contributed by atoms with van der Waals surface area (Å²) in [6.07, 6.45) is 0. The quantitative estimate of drug-likeness (QED) is 0.587. The third kappa shape index (κ3) is 3.03. The van der Waals surface area contributed by atoms with Crippen LogP contribution >= 0.6 is 12.2 Å². The van der Waals surface area contributed by atoms with E-state index < -0.39 is 11.5 Å². The van der Waals surface area contributed by atoms with Crippen molar-refractivity contribution in [2.24, 2.45) is 16.0 Å². The summed E-state index contributed by atoms with van der Waals surface area (Å²) in [6.45, 7) is 1.62. The van der Waals surface area contributed by atoms with Crippen molar-refractivity contribution in [1.29, 1.82) is 0 Å². The van der Waals surface area contributed by atoms with Gasteiger partial charge in [0.1, 0.15) is 0 Å². The number of benzene rings is 1. The molecule has 0 bridgehead atoms. The van der Waals surface area contributed by atoms with Crippen LogP contribution in [0.1, 0.15) is 16.1 Å². The summed E-state index contributed by atoms with van der Waals surface area (Å²) in [5.41, 5.74) is 5.77. The fraction of sp³-hybridized carbons (Fsp3) is 0.0833. The summed E-state index contributed by atoms with van der Waals surface area (Å²) in [4.78, 5) is 22.8. The van der Waals surface area contributed by atoms with E-state index in [1.165, 1.54) is 18.2 Å². The van der Waals surface area contributed by atoms with Gasteiger partial charge in [0, 0.05) is 0 Å². The number of carboxylic acids is 1. The van der Waals surface area contributed by atoms with Crippen molar-refractivity contribution in [3.63, 3.8) is 0 Å². The Morgan fingerprint density at radius 1 is 1.43 bits per heavy atom. The summed E-state index contributed by atoms with van der Waals surface area (Å²) in [6, 6.07) is 5.89. The minimum atomic E-state index is -1.07. The molecule has 0 saturated carbocycles. The molecule has 0 amide bonds. The average molecular weight is 305 g/mol. The van der Waals surface area contributed by atoms with E-state index in [1.54, 1.807) is 13.0 Å². The Hall–Kier alpha value is -2.81. The van der Waals surface area contributed by atoms with E-state index in [2.05, 4.69) is 15.3 Å². The lowest BCUT2D eigenvalue weighted by atomic mass is 10.2. The number of aryl methyl sites for hydroxylation is 1. The van der Waals surface area contributed by atoms with E-state index in [0.29, 0.717) is 11.4 Å². The zero-order chi connectivity index (χ0) is 15.6. The SMILES string of the molecule is Cc1[nH]n(C(N)=S)c(=O)c1N=Nc1cccc(C(=O)O)c1. The molecule has 1 aromatic carbocycles. The Kier molecular flexibility index (Phi) is 3.94. The summed E-state index contributed by atoms with van der Waals surface area (Å²) < 4.78 is 0.979. The summed E-state index contributed by atoms with van der Waals surface area (Å²) in [7, 11) is 0. The second kappa shape index (κ2) is 5.67. The topological polar surface area (TPSA) is 126 Å². The highest BCUT2D eigenvalue weighted by atomic mass is 32.1. The smallest absolute Gasteiger partial charge is 0.335 e. The molecule has 2 rings (SSSR count). The van der Waals surface area contributed by atoms with E-state index >= 15 is 0 Å². The van der Waals surface area contributed by atoms with Crippen molar-refractivity contribution in [3.05, 3.63) is 45.9 Å². The lowest BCUT2D eigenvalue weighted by Gasteiger charge is -1.95. The van der Waals surface area contributed by atoms with Crippen LogP contribution in [0.25, 0.3) is 0 Å². The third-order valence-corrected chi connectivity index (χ3v) is 2.80. The van der Waals surface area contributed by atoms with Gasteiger partial charge in [0.05, 0.1) is 16.9 Å². The monoisotopic (exact) mass is 305 g/mol. The molecular weight excluding hydrogens is 294 g/mol. The van der Waals surface area contributed by atoms with Gasteiger partial charge in [-0.1, -0.05) is 6.07 Å². The van der Waals surface area contributed by atoms with Crippen LogP contribution in [-0.4, -0.2) is 26.0 Å². The molecule has 0 aliphatic heterocycles. The van der Waals surface area contributed by atoms with Gasteiger partial charge in [-0.05, 0) is 37.3 Å². The summed E-state index contributed by atoms with van der Waals surface area (Å²) in [5.74, 6) is -1.07. The lowest BCUT2D eigenvalue weighted by molar-refractivity contribution is 0.0697. The van der Waals surface area contributed by atoms with Gasteiger partial charge in [-0.25, -0.2) is 4.79 Å². The number of aromatic carboxylic acids is 1. The molecule has 2 aromatic rings. The largest absolute Gasteiger partial charge is 0.478 e. The average Bonchev–Trinajstić information content (AvgIpc) is 2.72. The van der Waals surface area contributed by atoms with Gasteiger partial charge in [0.25, 0.3) is 0 Å². The van der Waals surface area contributed by atoms with E-state index in [0.717, 1.165) is 4.68 Å². The number of carboxylic acid groups (broad SMARTS) is 1. The standard InChI is InChI=1S/C12H11N5O3S/c1-6-9(10(18)17(16-6)12(13)21)15-14-8-4-2-3-7(5-8)11(19)20/h2-5,16H,1H3,(H2,13,21)(H,19,20). The Morgan fingerprint density at radius 2 is 2.14 bits per heavy atom. The summed E-state index contributed by atoms with van der Waals surface area (Å²) in [5, 5.41) is 19.1.